The molecule has 1 N–H and O–H groups in total. The molecular weight excluding hydrogens is 420 g/mol. The van der Waals surface area contributed by atoms with Crippen LogP contribution in [0.15, 0.2) is 53.7 Å². The van der Waals surface area contributed by atoms with Crippen molar-refractivity contribution >= 4 is 35.0 Å². The van der Waals surface area contributed by atoms with Crippen LogP contribution >= 0.6 is 23.4 Å². The molecule has 0 aliphatic carbocycles. The fourth-order valence-corrected chi connectivity index (χ4v) is 3.96. The van der Waals surface area contributed by atoms with Crippen LogP contribution in [-0.4, -0.2) is 26.4 Å². The van der Waals surface area contributed by atoms with Crippen LogP contribution in [0, 0.1) is 0 Å². The molecule has 0 aliphatic rings. The summed E-state index contributed by atoms with van der Waals surface area (Å²) in [5.74, 6) is 1.61. The lowest BCUT2D eigenvalue weighted by atomic mass is 10.2. The van der Waals surface area contributed by atoms with Gasteiger partial charge in [-0.2, -0.15) is 0 Å². The summed E-state index contributed by atoms with van der Waals surface area (Å²) in [6, 6.07) is 15.1. The second-order valence-corrected chi connectivity index (χ2v) is 8.07. The van der Waals surface area contributed by atoms with Crippen molar-refractivity contribution in [2.75, 3.05) is 11.1 Å². The van der Waals surface area contributed by atoms with Gasteiger partial charge in [0.2, 0.25) is 5.91 Å². The van der Waals surface area contributed by atoms with Gasteiger partial charge in [0.1, 0.15) is 5.75 Å². The van der Waals surface area contributed by atoms with E-state index >= 15 is 0 Å². The Bertz CT molecular complexity index is 991. The molecule has 0 unspecified atom stereocenters. The van der Waals surface area contributed by atoms with Crippen molar-refractivity contribution in [1.82, 2.24) is 14.8 Å². The fourth-order valence-electron chi connectivity index (χ4n) is 2.96. The molecular formula is C22H25ClN4O2S. The molecule has 0 fully saturated rings. The summed E-state index contributed by atoms with van der Waals surface area (Å²) in [6.07, 6.45) is 0.727. The van der Waals surface area contributed by atoms with Crippen LogP contribution in [0.4, 0.5) is 5.69 Å². The van der Waals surface area contributed by atoms with Crippen molar-refractivity contribution in [3.63, 3.8) is 0 Å². The molecule has 1 heterocycles. The number of anilines is 1. The highest BCUT2D eigenvalue weighted by Crippen LogP contribution is 2.25. The van der Waals surface area contributed by atoms with E-state index in [1.54, 1.807) is 24.3 Å². The normalized spacial score (nSPS) is 11.9. The summed E-state index contributed by atoms with van der Waals surface area (Å²) >= 11 is 7.30. The molecule has 0 spiro atoms. The smallest absolute Gasteiger partial charge is 0.234 e. The SMILES string of the molecule is CCc1ccc(O[C@H](C)c2nnc(SCC(=O)Nc3cccc(Cl)c3)n2CC)cc1. The van der Waals surface area contributed by atoms with E-state index in [4.69, 9.17) is 16.3 Å². The van der Waals surface area contributed by atoms with Gasteiger partial charge in [-0.25, -0.2) is 0 Å². The molecule has 158 valence electrons. The van der Waals surface area contributed by atoms with Gasteiger partial charge >= 0.3 is 0 Å². The van der Waals surface area contributed by atoms with Crippen molar-refractivity contribution < 1.29 is 9.53 Å². The van der Waals surface area contributed by atoms with E-state index in [0.717, 1.165) is 18.0 Å². The van der Waals surface area contributed by atoms with E-state index in [2.05, 4.69) is 34.6 Å². The van der Waals surface area contributed by atoms with Crippen molar-refractivity contribution in [3.05, 3.63) is 64.9 Å². The van der Waals surface area contributed by atoms with Gasteiger partial charge in [-0.05, 0) is 56.2 Å². The summed E-state index contributed by atoms with van der Waals surface area (Å²) in [4.78, 5) is 12.3. The molecule has 0 saturated carbocycles. The molecule has 0 bridgehead atoms. The van der Waals surface area contributed by atoms with Gasteiger partial charge in [-0.15, -0.1) is 10.2 Å². The number of rotatable bonds is 9. The Hall–Kier alpha value is -2.51. The van der Waals surface area contributed by atoms with E-state index in [1.807, 2.05) is 30.5 Å². The minimum atomic E-state index is -0.264. The largest absolute Gasteiger partial charge is 0.483 e. The highest BCUT2D eigenvalue weighted by molar-refractivity contribution is 7.99. The van der Waals surface area contributed by atoms with Gasteiger partial charge in [0.05, 0.1) is 5.75 Å². The third-order valence-electron chi connectivity index (χ3n) is 4.51. The predicted molar refractivity (Wildman–Crippen MR) is 121 cm³/mol. The molecule has 8 heteroatoms. The Morgan fingerprint density at radius 1 is 1.20 bits per heavy atom. The lowest BCUT2D eigenvalue weighted by molar-refractivity contribution is -0.113. The van der Waals surface area contributed by atoms with Crippen molar-refractivity contribution in [1.29, 1.82) is 0 Å². The van der Waals surface area contributed by atoms with Crippen LogP contribution in [0.1, 0.15) is 38.3 Å². The maximum Gasteiger partial charge on any atom is 0.234 e. The number of ether oxygens (including phenoxy) is 1. The van der Waals surface area contributed by atoms with Crippen LogP contribution < -0.4 is 10.1 Å². The monoisotopic (exact) mass is 444 g/mol. The highest BCUT2D eigenvalue weighted by atomic mass is 35.5. The summed E-state index contributed by atoms with van der Waals surface area (Å²) in [7, 11) is 0. The fraction of sp³-hybridized carbons (Fsp3) is 0.318. The van der Waals surface area contributed by atoms with Gasteiger partial charge in [0, 0.05) is 17.3 Å². The Labute approximate surface area is 186 Å². The molecule has 6 nitrogen and oxygen atoms in total. The van der Waals surface area contributed by atoms with Gasteiger partial charge in [-0.1, -0.05) is 48.5 Å². The standard InChI is InChI=1S/C22H25ClN4O2S/c1-4-16-9-11-19(12-10-16)29-15(3)21-25-26-22(27(21)5-2)30-14-20(28)24-18-8-6-7-17(23)13-18/h6-13,15H,4-5,14H2,1-3H3,(H,24,28)/t15-/m1/s1. The first-order valence-electron chi connectivity index (χ1n) is 9.87. The van der Waals surface area contributed by atoms with E-state index in [-0.39, 0.29) is 17.8 Å². The molecule has 0 radical (unpaired) electrons. The number of carbonyl (C=O) groups excluding carboxylic acids is 1. The number of halogens is 1. The first-order chi connectivity index (χ1) is 14.5. The van der Waals surface area contributed by atoms with E-state index in [9.17, 15) is 4.79 Å². The number of nitrogens with zero attached hydrogens (tertiary/aromatic N) is 3. The van der Waals surface area contributed by atoms with Gasteiger partial charge in [0.25, 0.3) is 0 Å². The number of aromatic nitrogens is 3. The third kappa shape index (κ3) is 5.77. The Morgan fingerprint density at radius 3 is 2.63 bits per heavy atom. The number of benzene rings is 2. The third-order valence-corrected chi connectivity index (χ3v) is 5.71. The number of hydrogen-bond acceptors (Lipinski definition) is 5. The Balaban J connectivity index is 1.62. The highest BCUT2D eigenvalue weighted by Gasteiger charge is 2.19. The molecule has 30 heavy (non-hydrogen) atoms. The zero-order valence-corrected chi connectivity index (χ0v) is 18.8. The lowest BCUT2D eigenvalue weighted by Crippen LogP contribution is -2.15. The van der Waals surface area contributed by atoms with Crippen LogP contribution in [0.2, 0.25) is 5.02 Å². The number of nitrogens with one attached hydrogen (secondary N) is 1. The molecule has 3 rings (SSSR count). The average Bonchev–Trinajstić information content (AvgIpc) is 3.16. The zero-order chi connectivity index (χ0) is 21.5. The quantitative estimate of drug-likeness (QED) is 0.448. The number of carbonyl (C=O) groups is 1. The lowest BCUT2D eigenvalue weighted by Gasteiger charge is -2.16. The Kier molecular flexibility index (Phi) is 7.76. The number of thioether (sulfide) groups is 1. The molecule has 2 aromatic carbocycles. The van der Waals surface area contributed by atoms with Gasteiger partial charge in [-0.3, -0.25) is 4.79 Å². The average molecular weight is 445 g/mol. The van der Waals surface area contributed by atoms with E-state index < -0.39 is 0 Å². The van der Waals surface area contributed by atoms with Crippen molar-refractivity contribution in [2.45, 2.75) is 45.0 Å². The van der Waals surface area contributed by atoms with E-state index in [1.165, 1.54) is 17.3 Å². The number of amides is 1. The zero-order valence-electron chi connectivity index (χ0n) is 17.3. The molecule has 1 amide bonds. The minimum absolute atomic E-state index is 0.130. The maximum absolute atomic E-state index is 12.3. The second-order valence-electron chi connectivity index (χ2n) is 6.69. The second kappa shape index (κ2) is 10.5. The first kappa shape index (κ1) is 22.2. The van der Waals surface area contributed by atoms with Crippen LogP contribution in [0.25, 0.3) is 0 Å². The molecule has 3 aromatic rings. The predicted octanol–water partition coefficient (Wildman–Crippen LogP) is 5.38. The van der Waals surface area contributed by atoms with Crippen molar-refractivity contribution in [3.8, 4) is 5.75 Å². The van der Waals surface area contributed by atoms with Gasteiger partial charge in [0.15, 0.2) is 17.1 Å². The van der Waals surface area contributed by atoms with Crippen LogP contribution in [0.3, 0.4) is 0 Å². The number of hydrogen-bond donors (Lipinski definition) is 1. The summed E-state index contributed by atoms with van der Waals surface area (Å²) in [6.45, 7) is 6.77. The maximum atomic E-state index is 12.3. The van der Waals surface area contributed by atoms with Crippen molar-refractivity contribution in [2.24, 2.45) is 0 Å². The van der Waals surface area contributed by atoms with Gasteiger partial charge < -0.3 is 14.6 Å². The summed E-state index contributed by atoms with van der Waals surface area (Å²) < 4.78 is 8.02. The molecule has 1 aromatic heterocycles. The van der Waals surface area contributed by atoms with Crippen LogP contribution in [0.5, 0.6) is 5.75 Å². The summed E-state index contributed by atoms with van der Waals surface area (Å²) in [5.41, 5.74) is 1.93. The van der Waals surface area contributed by atoms with Crippen LogP contribution in [-0.2, 0) is 17.8 Å². The molecule has 0 aliphatic heterocycles. The Morgan fingerprint density at radius 2 is 1.97 bits per heavy atom. The van der Waals surface area contributed by atoms with E-state index in [0.29, 0.717) is 22.4 Å². The summed E-state index contributed by atoms with van der Waals surface area (Å²) in [5, 5.41) is 12.7. The number of aryl methyl sites for hydroxylation is 1. The molecule has 0 saturated heterocycles. The first-order valence-corrected chi connectivity index (χ1v) is 11.2. The molecule has 1 atom stereocenters. The minimum Gasteiger partial charge on any atom is -0.483 e. The topological polar surface area (TPSA) is 69.0 Å².